The molecule has 1 aromatic carbocycles. The summed E-state index contributed by atoms with van der Waals surface area (Å²) in [6, 6.07) is 7.89. The van der Waals surface area contributed by atoms with Crippen LogP contribution in [0.25, 0.3) is 0 Å². The van der Waals surface area contributed by atoms with E-state index in [1.807, 2.05) is 25.2 Å². The summed E-state index contributed by atoms with van der Waals surface area (Å²) < 4.78 is 17.1. The number of rotatable bonds is 5. The van der Waals surface area contributed by atoms with E-state index in [9.17, 15) is 0 Å². The minimum absolute atomic E-state index is 0.173. The maximum atomic E-state index is 5.98. The number of hydrogen-bond donors (Lipinski definition) is 1. The summed E-state index contributed by atoms with van der Waals surface area (Å²) >= 11 is 0. The van der Waals surface area contributed by atoms with Gasteiger partial charge >= 0.3 is 0 Å². The van der Waals surface area contributed by atoms with E-state index in [0.29, 0.717) is 18.9 Å². The molecule has 0 spiro atoms. The van der Waals surface area contributed by atoms with Crippen molar-refractivity contribution in [3.8, 4) is 11.5 Å². The van der Waals surface area contributed by atoms with Gasteiger partial charge in [0.25, 0.3) is 0 Å². The Morgan fingerprint density at radius 1 is 1.38 bits per heavy atom. The van der Waals surface area contributed by atoms with Gasteiger partial charge in [-0.2, -0.15) is 0 Å². The van der Waals surface area contributed by atoms with Crippen LogP contribution in [0.2, 0.25) is 0 Å². The lowest BCUT2D eigenvalue weighted by Crippen LogP contribution is -2.24. The van der Waals surface area contributed by atoms with Gasteiger partial charge in [0.1, 0.15) is 12.2 Å². The van der Waals surface area contributed by atoms with Crippen molar-refractivity contribution in [1.29, 1.82) is 0 Å². The smallest absolute Gasteiger partial charge is 0.174 e. The van der Waals surface area contributed by atoms with E-state index in [1.54, 1.807) is 0 Å². The lowest BCUT2D eigenvalue weighted by molar-refractivity contribution is 0.130. The predicted octanol–water partition coefficient (Wildman–Crippen LogP) is 2.69. The van der Waals surface area contributed by atoms with Crippen LogP contribution in [-0.4, -0.2) is 17.8 Å². The molecule has 0 unspecified atom stereocenters. The number of nitrogens with one attached hydrogen (secondary N) is 1. The first-order valence-corrected chi connectivity index (χ1v) is 7.10. The molecule has 0 radical (unpaired) electrons. The molecule has 21 heavy (non-hydrogen) atoms. The molecular formula is C16H20N2O3. The van der Waals surface area contributed by atoms with Crippen molar-refractivity contribution in [2.45, 2.75) is 39.0 Å². The topological polar surface area (TPSA) is 56.5 Å². The zero-order chi connectivity index (χ0) is 14.9. The van der Waals surface area contributed by atoms with Gasteiger partial charge in [0, 0.05) is 24.6 Å². The molecule has 1 N–H and O–H groups in total. The summed E-state index contributed by atoms with van der Waals surface area (Å²) in [6.07, 6.45) is 0.897. The monoisotopic (exact) mass is 288 g/mol. The Morgan fingerprint density at radius 3 is 3.05 bits per heavy atom. The van der Waals surface area contributed by atoms with Crippen LogP contribution in [0.4, 0.5) is 0 Å². The van der Waals surface area contributed by atoms with Gasteiger partial charge in [0.2, 0.25) is 0 Å². The zero-order valence-corrected chi connectivity index (χ0v) is 12.6. The van der Waals surface area contributed by atoms with Gasteiger partial charge < -0.3 is 19.3 Å². The molecule has 5 nitrogen and oxygen atoms in total. The van der Waals surface area contributed by atoms with Gasteiger partial charge in [-0.1, -0.05) is 17.3 Å². The molecule has 0 bridgehead atoms. The molecule has 3 rings (SSSR count). The van der Waals surface area contributed by atoms with Crippen LogP contribution < -0.4 is 14.8 Å². The first kappa shape index (κ1) is 13.9. The predicted molar refractivity (Wildman–Crippen MR) is 78.5 cm³/mol. The van der Waals surface area contributed by atoms with E-state index in [0.717, 1.165) is 23.6 Å². The number of nitrogens with zero attached hydrogens (tertiary/aromatic N) is 1. The summed E-state index contributed by atoms with van der Waals surface area (Å²) in [5, 5.41) is 7.00. The van der Waals surface area contributed by atoms with E-state index in [1.165, 1.54) is 5.56 Å². The first-order chi connectivity index (χ1) is 10.1. The van der Waals surface area contributed by atoms with Crippen molar-refractivity contribution in [1.82, 2.24) is 10.5 Å². The molecule has 1 aliphatic heterocycles. The number of hydrogen-bond acceptors (Lipinski definition) is 5. The Morgan fingerprint density at radius 2 is 2.24 bits per heavy atom. The molecule has 5 heteroatoms. The Balaban J connectivity index is 1.70. The average molecular weight is 288 g/mol. The SMILES string of the molecule is CNCc1cc(COc2cccc3c2OC(C)(C)C3)on1. The fraction of sp³-hybridized carbons (Fsp3) is 0.438. The number of fused-ring (bicyclic) bond motifs is 1. The summed E-state index contributed by atoms with van der Waals surface area (Å²) in [5.41, 5.74) is 1.88. The molecule has 0 atom stereocenters. The van der Waals surface area contributed by atoms with E-state index in [-0.39, 0.29) is 5.60 Å². The molecule has 1 aromatic heterocycles. The van der Waals surface area contributed by atoms with Crippen LogP contribution in [0.15, 0.2) is 28.8 Å². The summed E-state index contributed by atoms with van der Waals surface area (Å²) in [4.78, 5) is 0. The van der Waals surface area contributed by atoms with Gasteiger partial charge in [0.05, 0.1) is 5.69 Å². The van der Waals surface area contributed by atoms with Gasteiger partial charge in [0.15, 0.2) is 17.3 Å². The number of para-hydroxylation sites is 1. The third kappa shape index (κ3) is 3.03. The highest BCUT2D eigenvalue weighted by Crippen LogP contribution is 2.41. The highest BCUT2D eigenvalue weighted by Gasteiger charge is 2.32. The van der Waals surface area contributed by atoms with Crippen molar-refractivity contribution < 1.29 is 14.0 Å². The number of ether oxygens (including phenoxy) is 2. The fourth-order valence-electron chi connectivity index (χ4n) is 2.54. The third-order valence-corrected chi connectivity index (χ3v) is 3.39. The minimum atomic E-state index is -0.173. The van der Waals surface area contributed by atoms with Crippen molar-refractivity contribution in [2.24, 2.45) is 0 Å². The van der Waals surface area contributed by atoms with Crippen LogP contribution in [0, 0.1) is 0 Å². The normalized spacial score (nSPS) is 15.6. The molecule has 0 saturated carbocycles. The summed E-state index contributed by atoms with van der Waals surface area (Å²) in [7, 11) is 1.87. The largest absolute Gasteiger partial charge is 0.483 e. The maximum Gasteiger partial charge on any atom is 0.174 e. The minimum Gasteiger partial charge on any atom is -0.483 e. The Bertz CT molecular complexity index is 634. The Kier molecular flexibility index (Phi) is 3.59. The van der Waals surface area contributed by atoms with E-state index >= 15 is 0 Å². The van der Waals surface area contributed by atoms with Gasteiger partial charge in [-0.3, -0.25) is 0 Å². The molecule has 0 aliphatic carbocycles. The Labute approximate surface area is 124 Å². The standard InChI is InChI=1S/C16H20N2O3/c1-16(2)8-11-5-4-6-14(15(11)20-16)19-10-13-7-12(9-17-3)18-21-13/h4-7,17H,8-10H2,1-3H3. The lowest BCUT2D eigenvalue weighted by atomic mass is 10.0. The van der Waals surface area contributed by atoms with Gasteiger partial charge in [-0.15, -0.1) is 0 Å². The summed E-state index contributed by atoms with van der Waals surface area (Å²) in [6.45, 7) is 5.19. The van der Waals surface area contributed by atoms with E-state index in [4.69, 9.17) is 14.0 Å². The lowest BCUT2D eigenvalue weighted by Gasteiger charge is -2.18. The van der Waals surface area contributed by atoms with Crippen molar-refractivity contribution >= 4 is 0 Å². The molecule has 1 aliphatic rings. The molecule has 112 valence electrons. The van der Waals surface area contributed by atoms with Crippen LogP contribution in [0.3, 0.4) is 0 Å². The third-order valence-electron chi connectivity index (χ3n) is 3.39. The molecule has 0 fully saturated rings. The number of aromatic nitrogens is 1. The molecule has 2 heterocycles. The second kappa shape index (κ2) is 5.41. The first-order valence-electron chi connectivity index (χ1n) is 7.10. The van der Waals surface area contributed by atoms with Crippen LogP contribution in [0.5, 0.6) is 11.5 Å². The summed E-state index contributed by atoms with van der Waals surface area (Å²) in [5.74, 6) is 2.30. The fourth-order valence-corrected chi connectivity index (χ4v) is 2.54. The van der Waals surface area contributed by atoms with Crippen molar-refractivity contribution in [3.05, 3.63) is 41.3 Å². The maximum absolute atomic E-state index is 5.98. The Hall–Kier alpha value is -2.01. The second-order valence-corrected chi connectivity index (χ2v) is 5.89. The van der Waals surface area contributed by atoms with E-state index in [2.05, 4.69) is 30.4 Å². The van der Waals surface area contributed by atoms with Gasteiger partial charge in [-0.05, 0) is 27.0 Å². The van der Waals surface area contributed by atoms with Crippen LogP contribution >= 0.6 is 0 Å². The van der Waals surface area contributed by atoms with E-state index < -0.39 is 0 Å². The highest BCUT2D eigenvalue weighted by atomic mass is 16.5. The second-order valence-electron chi connectivity index (χ2n) is 5.89. The van der Waals surface area contributed by atoms with Crippen LogP contribution in [0.1, 0.15) is 30.9 Å². The number of benzene rings is 1. The quantitative estimate of drug-likeness (QED) is 0.916. The molecular weight excluding hydrogens is 268 g/mol. The molecule has 2 aromatic rings. The van der Waals surface area contributed by atoms with Gasteiger partial charge in [-0.25, -0.2) is 0 Å². The van der Waals surface area contributed by atoms with Crippen molar-refractivity contribution in [2.75, 3.05) is 7.05 Å². The van der Waals surface area contributed by atoms with Crippen LogP contribution in [-0.2, 0) is 19.6 Å². The molecule has 0 saturated heterocycles. The average Bonchev–Trinajstić information content (AvgIpc) is 2.99. The molecule has 0 amide bonds. The van der Waals surface area contributed by atoms with Crippen molar-refractivity contribution in [3.63, 3.8) is 0 Å². The highest BCUT2D eigenvalue weighted by molar-refractivity contribution is 5.50. The zero-order valence-electron chi connectivity index (χ0n) is 12.6.